The molecule has 0 unspecified atom stereocenters. The molecule has 0 spiro atoms. The molecular weight excluding hydrogens is 426 g/mol. The average molecular weight is 452 g/mol. The summed E-state index contributed by atoms with van der Waals surface area (Å²) >= 11 is 6.23. The molecule has 0 saturated carbocycles. The molecule has 1 aliphatic heterocycles. The number of methoxy groups -OCH3 is 1. The van der Waals surface area contributed by atoms with Crippen molar-refractivity contribution in [2.24, 2.45) is 5.92 Å². The van der Waals surface area contributed by atoms with E-state index >= 15 is 0 Å². The highest BCUT2D eigenvalue weighted by molar-refractivity contribution is 6.33. The minimum atomic E-state index is -0.00562. The van der Waals surface area contributed by atoms with Gasteiger partial charge in [0.1, 0.15) is 11.6 Å². The molecule has 1 aromatic heterocycles. The third-order valence-electron chi connectivity index (χ3n) is 5.55. The van der Waals surface area contributed by atoms with Crippen molar-refractivity contribution < 1.29 is 9.53 Å². The summed E-state index contributed by atoms with van der Waals surface area (Å²) in [5.41, 5.74) is 1.85. The third-order valence-corrected chi connectivity index (χ3v) is 5.88. The van der Waals surface area contributed by atoms with Crippen LogP contribution in [-0.2, 0) is 11.3 Å². The first-order chi connectivity index (χ1) is 15.6. The van der Waals surface area contributed by atoms with E-state index in [0.717, 1.165) is 42.9 Å². The van der Waals surface area contributed by atoms with E-state index in [9.17, 15) is 4.79 Å². The lowest BCUT2D eigenvalue weighted by Gasteiger charge is -2.31. The number of piperidine rings is 1. The highest BCUT2D eigenvalue weighted by Gasteiger charge is 2.26. The van der Waals surface area contributed by atoms with Crippen molar-refractivity contribution in [2.75, 3.05) is 30.4 Å². The predicted octanol–water partition coefficient (Wildman–Crippen LogP) is 4.42. The van der Waals surface area contributed by atoms with Crippen molar-refractivity contribution >= 4 is 35.0 Å². The Morgan fingerprint density at radius 3 is 2.59 bits per heavy atom. The van der Waals surface area contributed by atoms with E-state index in [-0.39, 0.29) is 11.8 Å². The van der Waals surface area contributed by atoms with Crippen molar-refractivity contribution in [2.45, 2.75) is 19.4 Å². The third kappa shape index (κ3) is 5.48. The molecule has 1 fully saturated rings. The van der Waals surface area contributed by atoms with Gasteiger partial charge in [0.05, 0.1) is 17.8 Å². The van der Waals surface area contributed by atoms with Gasteiger partial charge in [-0.2, -0.15) is 4.98 Å². The van der Waals surface area contributed by atoms with Crippen LogP contribution in [0.1, 0.15) is 18.4 Å². The molecule has 0 bridgehead atoms. The van der Waals surface area contributed by atoms with E-state index in [1.807, 2.05) is 54.6 Å². The van der Waals surface area contributed by atoms with E-state index in [2.05, 4.69) is 25.5 Å². The zero-order valence-corrected chi connectivity index (χ0v) is 18.7. The molecule has 8 heteroatoms. The van der Waals surface area contributed by atoms with Crippen molar-refractivity contribution in [1.29, 1.82) is 0 Å². The fraction of sp³-hybridized carbons (Fsp3) is 0.292. The van der Waals surface area contributed by atoms with E-state index < -0.39 is 0 Å². The Hall–Kier alpha value is -3.32. The van der Waals surface area contributed by atoms with Gasteiger partial charge in [-0.25, -0.2) is 4.98 Å². The lowest BCUT2D eigenvalue weighted by atomic mass is 9.96. The summed E-state index contributed by atoms with van der Waals surface area (Å²) in [7, 11) is 1.64. The monoisotopic (exact) mass is 451 g/mol. The minimum absolute atomic E-state index is 0.00562. The highest BCUT2D eigenvalue weighted by Crippen LogP contribution is 2.26. The molecule has 2 N–H and O–H groups in total. The molecule has 2 aromatic carbocycles. The number of para-hydroxylation sites is 1. The second kappa shape index (κ2) is 10.3. The van der Waals surface area contributed by atoms with Crippen LogP contribution in [0.3, 0.4) is 0 Å². The van der Waals surface area contributed by atoms with Crippen LogP contribution < -0.4 is 20.3 Å². The van der Waals surface area contributed by atoms with Gasteiger partial charge in [0.2, 0.25) is 11.9 Å². The fourth-order valence-corrected chi connectivity index (χ4v) is 3.87. The molecule has 1 aliphatic rings. The number of ether oxygens (including phenoxy) is 1. The molecule has 0 aliphatic carbocycles. The number of benzene rings is 2. The minimum Gasteiger partial charge on any atom is -0.497 e. The van der Waals surface area contributed by atoms with Crippen LogP contribution in [0.4, 0.5) is 17.5 Å². The van der Waals surface area contributed by atoms with Gasteiger partial charge in [-0.1, -0.05) is 35.9 Å². The van der Waals surface area contributed by atoms with Crippen molar-refractivity contribution in [3.63, 3.8) is 0 Å². The first kappa shape index (κ1) is 21.9. The van der Waals surface area contributed by atoms with Crippen LogP contribution in [0.15, 0.2) is 60.8 Å². The number of amides is 1. The molecule has 32 heavy (non-hydrogen) atoms. The summed E-state index contributed by atoms with van der Waals surface area (Å²) in [6.07, 6.45) is 3.26. The van der Waals surface area contributed by atoms with E-state index in [0.29, 0.717) is 23.3 Å². The molecule has 0 radical (unpaired) electrons. The first-order valence-corrected chi connectivity index (χ1v) is 11.0. The maximum absolute atomic E-state index is 12.6. The van der Waals surface area contributed by atoms with Crippen LogP contribution in [0.2, 0.25) is 5.02 Å². The molecule has 0 atom stereocenters. The number of nitrogens with zero attached hydrogens (tertiary/aromatic N) is 3. The largest absolute Gasteiger partial charge is 0.497 e. The Morgan fingerprint density at radius 1 is 1.12 bits per heavy atom. The van der Waals surface area contributed by atoms with Crippen molar-refractivity contribution in [3.05, 3.63) is 71.4 Å². The number of carbonyl (C=O) groups excluding carboxylic acids is 1. The lowest BCUT2D eigenvalue weighted by molar-refractivity contribution is -0.125. The predicted molar refractivity (Wildman–Crippen MR) is 127 cm³/mol. The summed E-state index contributed by atoms with van der Waals surface area (Å²) < 4.78 is 5.17. The van der Waals surface area contributed by atoms with Crippen LogP contribution in [0.5, 0.6) is 5.75 Å². The highest BCUT2D eigenvalue weighted by atomic mass is 35.5. The standard InChI is InChI=1S/C24H26ClN5O2/c1-32-19-8-6-17(7-9-19)16-27-23(31)18-11-14-30(15-12-18)24-26-13-10-22(29-24)28-21-5-3-2-4-20(21)25/h2-10,13,18H,11-12,14-16H2,1H3,(H,27,31)(H,26,28,29). The van der Waals surface area contributed by atoms with Crippen LogP contribution in [0.25, 0.3) is 0 Å². The lowest BCUT2D eigenvalue weighted by Crippen LogP contribution is -2.41. The Labute approximate surface area is 192 Å². The van der Waals surface area contributed by atoms with Gasteiger partial charge in [-0.3, -0.25) is 4.79 Å². The normalized spacial score (nSPS) is 14.1. The maximum atomic E-state index is 12.6. The molecule has 2 heterocycles. The zero-order chi connectivity index (χ0) is 22.3. The number of aromatic nitrogens is 2. The van der Waals surface area contributed by atoms with Gasteiger partial charge >= 0.3 is 0 Å². The summed E-state index contributed by atoms with van der Waals surface area (Å²) in [4.78, 5) is 23.8. The van der Waals surface area contributed by atoms with Gasteiger partial charge in [0.15, 0.2) is 0 Å². The van der Waals surface area contributed by atoms with Crippen LogP contribution >= 0.6 is 11.6 Å². The Bertz CT molecular complexity index is 1050. The van der Waals surface area contributed by atoms with Crippen LogP contribution in [-0.4, -0.2) is 36.1 Å². The Morgan fingerprint density at radius 2 is 1.88 bits per heavy atom. The number of nitrogens with one attached hydrogen (secondary N) is 2. The van der Waals surface area contributed by atoms with Gasteiger partial charge in [0, 0.05) is 31.7 Å². The fourth-order valence-electron chi connectivity index (χ4n) is 3.69. The van der Waals surface area contributed by atoms with Crippen LogP contribution in [0, 0.1) is 5.92 Å². The number of hydrogen-bond acceptors (Lipinski definition) is 6. The molecule has 3 aromatic rings. The molecule has 4 rings (SSSR count). The molecule has 166 valence electrons. The molecule has 1 saturated heterocycles. The van der Waals surface area contributed by atoms with Gasteiger partial charge in [0.25, 0.3) is 0 Å². The second-order valence-corrected chi connectivity index (χ2v) is 8.08. The number of halogens is 1. The summed E-state index contributed by atoms with van der Waals surface area (Å²) in [6.45, 7) is 1.98. The number of carbonyl (C=O) groups is 1. The van der Waals surface area contributed by atoms with E-state index in [1.165, 1.54) is 0 Å². The zero-order valence-electron chi connectivity index (χ0n) is 17.9. The smallest absolute Gasteiger partial charge is 0.227 e. The van der Waals surface area contributed by atoms with Gasteiger partial charge in [-0.05, 0) is 48.7 Å². The summed E-state index contributed by atoms with van der Waals surface area (Å²) in [5, 5.41) is 6.92. The van der Waals surface area contributed by atoms with Gasteiger partial charge in [-0.15, -0.1) is 0 Å². The molecule has 7 nitrogen and oxygen atoms in total. The van der Waals surface area contributed by atoms with E-state index in [4.69, 9.17) is 16.3 Å². The number of hydrogen-bond donors (Lipinski definition) is 2. The average Bonchev–Trinajstić information content (AvgIpc) is 2.84. The van der Waals surface area contributed by atoms with Crippen molar-refractivity contribution in [3.8, 4) is 5.75 Å². The first-order valence-electron chi connectivity index (χ1n) is 10.6. The summed E-state index contributed by atoms with van der Waals surface area (Å²) in [6, 6.07) is 17.1. The van der Waals surface area contributed by atoms with E-state index in [1.54, 1.807) is 13.3 Å². The Kier molecular flexibility index (Phi) is 7.07. The quantitative estimate of drug-likeness (QED) is 0.553. The second-order valence-electron chi connectivity index (χ2n) is 7.67. The van der Waals surface area contributed by atoms with Crippen molar-refractivity contribution in [1.82, 2.24) is 15.3 Å². The summed E-state index contributed by atoms with van der Waals surface area (Å²) in [5.74, 6) is 2.23. The topological polar surface area (TPSA) is 79.4 Å². The SMILES string of the molecule is COc1ccc(CNC(=O)C2CCN(c3nccc(Nc4ccccc4Cl)n3)CC2)cc1. The van der Waals surface area contributed by atoms with Gasteiger partial charge < -0.3 is 20.3 Å². The number of rotatable bonds is 7. The number of anilines is 3. The Balaban J connectivity index is 1.29. The molecular formula is C24H26ClN5O2. The maximum Gasteiger partial charge on any atom is 0.227 e. The molecule has 1 amide bonds.